The monoisotopic (exact) mass is 279 g/mol. The van der Waals surface area contributed by atoms with Crippen molar-refractivity contribution in [1.82, 2.24) is 0 Å². The zero-order valence-corrected chi connectivity index (χ0v) is 12.1. The average molecular weight is 279 g/mol. The van der Waals surface area contributed by atoms with E-state index in [1.54, 1.807) is 6.92 Å². The minimum atomic E-state index is -0.581. The van der Waals surface area contributed by atoms with Crippen molar-refractivity contribution in [2.75, 3.05) is 5.32 Å². The Morgan fingerprint density at radius 3 is 2.42 bits per heavy atom. The number of nitriles is 1. The summed E-state index contributed by atoms with van der Waals surface area (Å²) in [5.74, 6) is -0.799. The Bertz CT molecular complexity index is 539. The van der Waals surface area contributed by atoms with Crippen LogP contribution in [0, 0.1) is 24.2 Å². The van der Waals surface area contributed by atoms with Crippen molar-refractivity contribution in [2.45, 2.75) is 33.6 Å². The highest BCUT2D eigenvalue weighted by Gasteiger charge is 2.22. The normalized spacial score (nSPS) is 10.3. The molecule has 1 heterocycles. The molecule has 2 amide bonds. The lowest BCUT2D eigenvalue weighted by atomic mass is 10.0. The SMILES string of the molecule is CCC(CC)C(=O)Nc1sc(C(N)=O)c(C)c1C#N. The molecule has 3 N–H and O–H groups in total. The summed E-state index contributed by atoms with van der Waals surface area (Å²) >= 11 is 1.06. The van der Waals surface area contributed by atoms with E-state index in [0.29, 0.717) is 21.0 Å². The van der Waals surface area contributed by atoms with Gasteiger partial charge in [0, 0.05) is 5.92 Å². The first-order valence-electron chi connectivity index (χ1n) is 6.10. The number of amides is 2. The van der Waals surface area contributed by atoms with E-state index in [2.05, 4.69) is 5.32 Å². The van der Waals surface area contributed by atoms with Crippen LogP contribution in [0.15, 0.2) is 0 Å². The quantitative estimate of drug-likeness (QED) is 0.866. The van der Waals surface area contributed by atoms with Gasteiger partial charge in [-0.15, -0.1) is 11.3 Å². The van der Waals surface area contributed by atoms with Crippen LogP contribution in [-0.4, -0.2) is 11.8 Å². The van der Waals surface area contributed by atoms with Gasteiger partial charge in [-0.2, -0.15) is 5.26 Å². The van der Waals surface area contributed by atoms with Gasteiger partial charge in [0.1, 0.15) is 11.1 Å². The predicted molar refractivity (Wildman–Crippen MR) is 75.0 cm³/mol. The molecule has 0 saturated heterocycles. The molecule has 0 atom stereocenters. The standard InChI is InChI=1S/C13H17N3O2S/c1-4-8(5-2)12(18)16-13-9(6-14)7(3)10(19-13)11(15)17/h8H,4-5H2,1-3H3,(H2,15,17)(H,16,18). The van der Waals surface area contributed by atoms with Crippen LogP contribution in [0.1, 0.15) is 47.5 Å². The van der Waals surface area contributed by atoms with Crippen molar-refractivity contribution in [3.05, 3.63) is 16.0 Å². The van der Waals surface area contributed by atoms with Gasteiger partial charge >= 0.3 is 0 Å². The first-order valence-corrected chi connectivity index (χ1v) is 6.91. The molecule has 0 aromatic carbocycles. The lowest BCUT2D eigenvalue weighted by molar-refractivity contribution is -0.120. The van der Waals surface area contributed by atoms with Crippen molar-refractivity contribution in [3.63, 3.8) is 0 Å². The molecular weight excluding hydrogens is 262 g/mol. The summed E-state index contributed by atoms with van der Waals surface area (Å²) in [6.45, 7) is 5.53. The fourth-order valence-electron chi connectivity index (χ4n) is 1.84. The van der Waals surface area contributed by atoms with Crippen LogP contribution in [0.25, 0.3) is 0 Å². The largest absolute Gasteiger partial charge is 0.365 e. The van der Waals surface area contributed by atoms with Gasteiger partial charge in [0.25, 0.3) is 5.91 Å². The van der Waals surface area contributed by atoms with Crippen LogP contribution in [0.4, 0.5) is 5.00 Å². The number of primary amides is 1. The number of hydrogen-bond donors (Lipinski definition) is 2. The molecule has 5 nitrogen and oxygen atoms in total. The molecule has 1 aromatic rings. The van der Waals surface area contributed by atoms with Gasteiger partial charge in [0.2, 0.25) is 5.91 Å². The van der Waals surface area contributed by atoms with Gasteiger partial charge < -0.3 is 11.1 Å². The molecule has 0 fully saturated rings. The Kier molecular flexibility index (Phi) is 5.07. The van der Waals surface area contributed by atoms with Gasteiger partial charge in [-0.05, 0) is 25.3 Å². The van der Waals surface area contributed by atoms with E-state index >= 15 is 0 Å². The fraction of sp³-hybridized carbons (Fsp3) is 0.462. The predicted octanol–water partition coefficient (Wildman–Crippen LogP) is 2.40. The zero-order valence-electron chi connectivity index (χ0n) is 11.2. The number of thiophene rings is 1. The van der Waals surface area contributed by atoms with Crippen molar-refractivity contribution in [1.29, 1.82) is 5.26 Å². The van der Waals surface area contributed by atoms with Gasteiger partial charge in [-0.1, -0.05) is 13.8 Å². The molecule has 6 heteroatoms. The van der Waals surface area contributed by atoms with Crippen molar-refractivity contribution < 1.29 is 9.59 Å². The Morgan fingerprint density at radius 2 is 2.00 bits per heavy atom. The van der Waals surface area contributed by atoms with Gasteiger partial charge in [-0.25, -0.2) is 0 Å². The van der Waals surface area contributed by atoms with Crippen molar-refractivity contribution >= 4 is 28.2 Å². The molecule has 1 rings (SSSR count). The van der Waals surface area contributed by atoms with Gasteiger partial charge in [0.05, 0.1) is 10.4 Å². The van der Waals surface area contributed by atoms with Gasteiger partial charge in [0.15, 0.2) is 0 Å². The molecule has 1 aromatic heterocycles. The maximum absolute atomic E-state index is 12.0. The second-order valence-electron chi connectivity index (χ2n) is 4.24. The number of nitrogens with two attached hydrogens (primary N) is 1. The van der Waals surface area contributed by atoms with Crippen LogP contribution in [0.5, 0.6) is 0 Å². The molecule has 0 saturated carbocycles. The lowest BCUT2D eigenvalue weighted by Gasteiger charge is -2.11. The van der Waals surface area contributed by atoms with Crippen LogP contribution in [-0.2, 0) is 4.79 Å². The van der Waals surface area contributed by atoms with E-state index in [-0.39, 0.29) is 11.8 Å². The number of carbonyl (C=O) groups excluding carboxylic acids is 2. The average Bonchev–Trinajstić information content (AvgIpc) is 2.67. The third kappa shape index (κ3) is 3.12. The molecular formula is C13H17N3O2S. The molecule has 0 aliphatic heterocycles. The molecule has 0 radical (unpaired) electrons. The van der Waals surface area contributed by atoms with Crippen LogP contribution < -0.4 is 11.1 Å². The maximum Gasteiger partial charge on any atom is 0.259 e. The summed E-state index contributed by atoms with van der Waals surface area (Å²) in [7, 11) is 0. The highest BCUT2D eigenvalue weighted by molar-refractivity contribution is 7.18. The number of anilines is 1. The van der Waals surface area contributed by atoms with Crippen LogP contribution in [0.3, 0.4) is 0 Å². The summed E-state index contributed by atoms with van der Waals surface area (Å²) in [6.07, 6.45) is 1.47. The molecule has 0 bridgehead atoms. The zero-order chi connectivity index (χ0) is 14.6. The number of rotatable bonds is 5. The number of carbonyl (C=O) groups is 2. The third-order valence-electron chi connectivity index (χ3n) is 3.08. The highest BCUT2D eigenvalue weighted by atomic mass is 32.1. The molecule has 0 aliphatic rings. The minimum Gasteiger partial charge on any atom is -0.365 e. The van der Waals surface area contributed by atoms with E-state index in [0.717, 1.165) is 24.2 Å². The van der Waals surface area contributed by atoms with E-state index < -0.39 is 5.91 Å². The van der Waals surface area contributed by atoms with E-state index in [1.807, 2.05) is 19.9 Å². The van der Waals surface area contributed by atoms with E-state index in [9.17, 15) is 9.59 Å². The van der Waals surface area contributed by atoms with Crippen molar-refractivity contribution in [3.8, 4) is 6.07 Å². The first-order chi connectivity index (χ1) is 8.96. The van der Waals surface area contributed by atoms with Crippen LogP contribution >= 0.6 is 11.3 Å². The fourth-order valence-corrected chi connectivity index (χ4v) is 2.86. The second-order valence-corrected chi connectivity index (χ2v) is 5.26. The molecule has 102 valence electrons. The summed E-state index contributed by atoms with van der Waals surface area (Å²) < 4.78 is 0. The lowest BCUT2D eigenvalue weighted by Crippen LogP contribution is -2.21. The van der Waals surface area contributed by atoms with E-state index in [1.165, 1.54) is 0 Å². The number of nitrogens with zero attached hydrogens (tertiary/aromatic N) is 1. The molecule has 19 heavy (non-hydrogen) atoms. The smallest absolute Gasteiger partial charge is 0.259 e. The maximum atomic E-state index is 12.0. The topological polar surface area (TPSA) is 96.0 Å². The summed E-state index contributed by atoms with van der Waals surface area (Å²) in [6, 6.07) is 2.01. The summed E-state index contributed by atoms with van der Waals surface area (Å²) in [5, 5.41) is 12.3. The van der Waals surface area contributed by atoms with E-state index in [4.69, 9.17) is 11.0 Å². The summed E-state index contributed by atoms with van der Waals surface area (Å²) in [5.41, 5.74) is 6.09. The summed E-state index contributed by atoms with van der Waals surface area (Å²) in [4.78, 5) is 23.6. The molecule has 0 aliphatic carbocycles. The Hall–Kier alpha value is -1.87. The first kappa shape index (κ1) is 15.2. The van der Waals surface area contributed by atoms with Crippen molar-refractivity contribution in [2.24, 2.45) is 11.7 Å². The molecule has 0 spiro atoms. The minimum absolute atomic E-state index is 0.0917. The Morgan fingerprint density at radius 1 is 1.42 bits per heavy atom. The second kappa shape index (κ2) is 6.34. The third-order valence-corrected chi connectivity index (χ3v) is 4.30. The number of hydrogen-bond acceptors (Lipinski definition) is 4. The number of nitrogens with one attached hydrogen (secondary N) is 1. The van der Waals surface area contributed by atoms with Gasteiger partial charge in [-0.3, -0.25) is 9.59 Å². The molecule has 0 unspecified atom stereocenters. The highest BCUT2D eigenvalue weighted by Crippen LogP contribution is 2.32. The Labute approximate surface area is 116 Å². The Balaban J connectivity index is 3.09. The van der Waals surface area contributed by atoms with Crippen LogP contribution in [0.2, 0.25) is 0 Å².